The first kappa shape index (κ1) is 21.7. The van der Waals surface area contributed by atoms with Gasteiger partial charge in [-0.2, -0.15) is 0 Å². The molecular weight excluding hydrogens is 424 g/mol. The minimum Gasteiger partial charge on any atom is -0.494 e. The van der Waals surface area contributed by atoms with Crippen molar-refractivity contribution in [3.63, 3.8) is 0 Å². The average Bonchev–Trinajstić information content (AvgIpc) is 3.46. The molecule has 0 fully saturated rings. The van der Waals surface area contributed by atoms with Gasteiger partial charge in [-0.05, 0) is 50.6 Å². The maximum Gasteiger partial charge on any atom is 0.260 e. The lowest BCUT2D eigenvalue weighted by atomic mass is 10.1. The summed E-state index contributed by atoms with van der Waals surface area (Å²) in [6.07, 6.45) is 6.15. The SMILES string of the molecule is CCOc1ccc2nc(N(CCCn3ccnc3)C(=O)c3ccc(C(C)=O)cc3)sc2c1. The summed E-state index contributed by atoms with van der Waals surface area (Å²) in [5, 5.41) is 0.639. The van der Waals surface area contributed by atoms with Gasteiger partial charge in [0.05, 0.1) is 23.2 Å². The molecule has 8 heteroatoms. The van der Waals surface area contributed by atoms with Crippen LogP contribution in [0, 0.1) is 0 Å². The van der Waals surface area contributed by atoms with Crippen molar-refractivity contribution in [3.8, 4) is 5.75 Å². The summed E-state index contributed by atoms with van der Waals surface area (Å²) in [5.74, 6) is 0.611. The first-order valence-electron chi connectivity index (χ1n) is 10.5. The monoisotopic (exact) mass is 448 g/mol. The van der Waals surface area contributed by atoms with E-state index in [0.29, 0.717) is 29.4 Å². The summed E-state index contributed by atoms with van der Waals surface area (Å²) in [4.78, 5) is 35.5. The molecule has 2 aromatic heterocycles. The van der Waals surface area contributed by atoms with Gasteiger partial charge in [-0.25, -0.2) is 9.97 Å². The molecule has 7 nitrogen and oxygen atoms in total. The highest BCUT2D eigenvalue weighted by Gasteiger charge is 2.21. The lowest BCUT2D eigenvalue weighted by Gasteiger charge is -2.20. The van der Waals surface area contributed by atoms with Gasteiger partial charge in [0.2, 0.25) is 0 Å². The molecule has 32 heavy (non-hydrogen) atoms. The molecule has 1 amide bonds. The fourth-order valence-corrected chi connectivity index (χ4v) is 4.40. The number of amides is 1. The number of nitrogens with zero attached hydrogens (tertiary/aromatic N) is 4. The van der Waals surface area contributed by atoms with E-state index >= 15 is 0 Å². The molecule has 0 unspecified atom stereocenters. The molecule has 0 atom stereocenters. The van der Waals surface area contributed by atoms with Gasteiger partial charge in [-0.3, -0.25) is 14.5 Å². The van der Waals surface area contributed by atoms with Crippen LogP contribution in [0.1, 0.15) is 41.0 Å². The highest BCUT2D eigenvalue weighted by Crippen LogP contribution is 2.32. The number of anilines is 1. The summed E-state index contributed by atoms with van der Waals surface area (Å²) in [6.45, 7) is 5.29. The molecule has 164 valence electrons. The Balaban J connectivity index is 1.62. The first-order chi connectivity index (χ1) is 15.5. The normalized spacial score (nSPS) is 10.9. The molecule has 0 aliphatic carbocycles. The largest absolute Gasteiger partial charge is 0.494 e. The second-order valence-electron chi connectivity index (χ2n) is 7.30. The summed E-state index contributed by atoms with van der Waals surface area (Å²) < 4.78 is 8.55. The van der Waals surface area contributed by atoms with E-state index in [1.165, 1.54) is 18.3 Å². The molecule has 0 saturated heterocycles. The van der Waals surface area contributed by atoms with Crippen molar-refractivity contribution in [1.82, 2.24) is 14.5 Å². The molecule has 0 aliphatic heterocycles. The van der Waals surface area contributed by atoms with Crippen LogP contribution in [0.5, 0.6) is 5.75 Å². The lowest BCUT2D eigenvalue weighted by molar-refractivity contribution is 0.0982. The van der Waals surface area contributed by atoms with E-state index in [2.05, 4.69) is 4.98 Å². The molecule has 2 heterocycles. The van der Waals surface area contributed by atoms with Gasteiger partial charge in [0.1, 0.15) is 5.75 Å². The molecule has 2 aromatic carbocycles. The molecule has 4 aromatic rings. The number of hydrogen-bond donors (Lipinski definition) is 0. The predicted octanol–water partition coefficient (Wildman–Crippen LogP) is 4.83. The van der Waals surface area contributed by atoms with Crippen molar-refractivity contribution in [2.24, 2.45) is 0 Å². The number of fused-ring (bicyclic) bond motifs is 1. The van der Waals surface area contributed by atoms with E-state index in [1.807, 2.05) is 35.9 Å². The molecular formula is C24H24N4O3S. The number of carbonyl (C=O) groups is 2. The Morgan fingerprint density at radius 2 is 1.91 bits per heavy atom. The Bertz CT molecular complexity index is 1220. The van der Waals surface area contributed by atoms with E-state index in [9.17, 15) is 9.59 Å². The van der Waals surface area contributed by atoms with Crippen LogP contribution >= 0.6 is 11.3 Å². The van der Waals surface area contributed by atoms with Gasteiger partial charge >= 0.3 is 0 Å². The van der Waals surface area contributed by atoms with Crippen LogP contribution in [0.25, 0.3) is 10.2 Å². The average molecular weight is 449 g/mol. The number of carbonyl (C=O) groups excluding carboxylic acids is 2. The Kier molecular flexibility index (Phi) is 6.61. The topological polar surface area (TPSA) is 77.3 Å². The second-order valence-corrected chi connectivity index (χ2v) is 8.31. The van der Waals surface area contributed by atoms with Crippen molar-refractivity contribution in [2.75, 3.05) is 18.1 Å². The van der Waals surface area contributed by atoms with Gasteiger partial charge in [0, 0.05) is 36.6 Å². The second kappa shape index (κ2) is 9.74. The van der Waals surface area contributed by atoms with Crippen molar-refractivity contribution in [1.29, 1.82) is 0 Å². The van der Waals surface area contributed by atoms with E-state index in [-0.39, 0.29) is 11.7 Å². The number of ketones is 1. The van der Waals surface area contributed by atoms with Crippen LogP contribution in [0.15, 0.2) is 61.2 Å². The minimum atomic E-state index is -0.144. The number of hydrogen-bond acceptors (Lipinski definition) is 6. The summed E-state index contributed by atoms with van der Waals surface area (Å²) in [5.41, 5.74) is 1.93. The van der Waals surface area contributed by atoms with Gasteiger partial charge in [0.25, 0.3) is 5.91 Å². The van der Waals surface area contributed by atoms with Crippen LogP contribution in [0.4, 0.5) is 5.13 Å². The van der Waals surface area contributed by atoms with Crippen molar-refractivity contribution < 1.29 is 14.3 Å². The van der Waals surface area contributed by atoms with E-state index in [4.69, 9.17) is 9.72 Å². The van der Waals surface area contributed by atoms with Crippen LogP contribution in [0.2, 0.25) is 0 Å². The zero-order valence-electron chi connectivity index (χ0n) is 18.0. The number of aryl methyl sites for hydroxylation is 1. The van der Waals surface area contributed by atoms with Crippen LogP contribution in [-0.2, 0) is 6.54 Å². The summed E-state index contributed by atoms with van der Waals surface area (Å²) >= 11 is 1.47. The zero-order valence-corrected chi connectivity index (χ0v) is 18.8. The molecule has 4 rings (SSSR count). The molecule has 0 bridgehead atoms. The summed E-state index contributed by atoms with van der Waals surface area (Å²) in [7, 11) is 0. The Morgan fingerprint density at radius 3 is 2.59 bits per heavy atom. The number of imidazole rings is 1. The zero-order chi connectivity index (χ0) is 22.5. The molecule has 0 spiro atoms. The first-order valence-corrected chi connectivity index (χ1v) is 11.3. The Morgan fingerprint density at radius 1 is 1.12 bits per heavy atom. The quantitative estimate of drug-likeness (QED) is 0.343. The number of ether oxygens (including phenoxy) is 1. The number of Topliss-reactive ketones (excluding diaryl/α,β-unsaturated/α-hetero) is 1. The standard InChI is InChI=1S/C24H24N4O3S/c1-3-31-20-9-10-21-22(15-20)32-24(26-21)28(13-4-12-27-14-11-25-16-27)23(30)19-7-5-18(6-8-19)17(2)29/h5-11,14-16H,3-4,12-13H2,1-2H3. The van der Waals surface area contributed by atoms with Gasteiger partial charge in [-0.15, -0.1) is 0 Å². The smallest absolute Gasteiger partial charge is 0.260 e. The van der Waals surface area contributed by atoms with Gasteiger partial charge in [-0.1, -0.05) is 23.5 Å². The van der Waals surface area contributed by atoms with E-state index in [0.717, 1.165) is 28.9 Å². The highest BCUT2D eigenvalue weighted by molar-refractivity contribution is 7.22. The number of rotatable bonds is 9. The Hall–Kier alpha value is -3.52. The van der Waals surface area contributed by atoms with Crippen molar-refractivity contribution in [3.05, 3.63) is 72.3 Å². The molecule has 0 N–H and O–H groups in total. The highest BCUT2D eigenvalue weighted by atomic mass is 32.1. The van der Waals surface area contributed by atoms with Crippen molar-refractivity contribution in [2.45, 2.75) is 26.8 Å². The number of benzene rings is 2. The Labute approximate surface area is 190 Å². The third-order valence-electron chi connectivity index (χ3n) is 5.03. The third-order valence-corrected chi connectivity index (χ3v) is 6.07. The van der Waals surface area contributed by atoms with Crippen LogP contribution in [-0.4, -0.2) is 39.4 Å². The maximum absolute atomic E-state index is 13.4. The van der Waals surface area contributed by atoms with Crippen molar-refractivity contribution >= 4 is 38.4 Å². The lowest BCUT2D eigenvalue weighted by Crippen LogP contribution is -2.32. The van der Waals surface area contributed by atoms with Gasteiger partial charge in [0.15, 0.2) is 10.9 Å². The third kappa shape index (κ3) is 4.86. The predicted molar refractivity (Wildman–Crippen MR) is 126 cm³/mol. The fraction of sp³-hybridized carbons (Fsp3) is 0.250. The summed E-state index contributed by atoms with van der Waals surface area (Å²) in [6, 6.07) is 12.5. The van der Waals surface area contributed by atoms with Crippen LogP contribution in [0.3, 0.4) is 0 Å². The van der Waals surface area contributed by atoms with Crippen LogP contribution < -0.4 is 9.64 Å². The fourth-order valence-electron chi connectivity index (χ4n) is 3.38. The molecule has 0 saturated carbocycles. The number of thiazole rings is 1. The maximum atomic E-state index is 13.4. The van der Waals surface area contributed by atoms with E-state index in [1.54, 1.807) is 41.7 Å². The van der Waals surface area contributed by atoms with E-state index < -0.39 is 0 Å². The number of aromatic nitrogens is 3. The van der Waals surface area contributed by atoms with Gasteiger partial charge < -0.3 is 9.30 Å². The molecule has 0 radical (unpaired) electrons. The molecule has 0 aliphatic rings. The minimum absolute atomic E-state index is 0.0301.